The molecule has 0 radical (unpaired) electrons. The van der Waals surface area contributed by atoms with E-state index in [9.17, 15) is 9.90 Å². The Bertz CT molecular complexity index is 1080. The van der Waals surface area contributed by atoms with Crippen molar-refractivity contribution in [3.63, 3.8) is 0 Å². The second-order valence-corrected chi connectivity index (χ2v) is 10.2. The fourth-order valence-electron chi connectivity index (χ4n) is 3.93. The van der Waals surface area contributed by atoms with Crippen LogP contribution in [0, 0.1) is 0 Å². The monoisotopic (exact) mass is 435 g/mol. The van der Waals surface area contributed by atoms with Crippen molar-refractivity contribution >= 4 is 34.4 Å². The van der Waals surface area contributed by atoms with E-state index in [2.05, 4.69) is 73.1 Å². The van der Waals surface area contributed by atoms with Gasteiger partial charge in [0.25, 0.3) is 0 Å². The highest BCUT2D eigenvalue weighted by Gasteiger charge is 2.20. The van der Waals surface area contributed by atoms with Crippen LogP contribution in [0.5, 0.6) is 0 Å². The van der Waals surface area contributed by atoms with Gasteiger partial charge in [-0.25, -0.2) is 9.78 Å². The molecule has 31 heavy (non-hydrogen) atoms. The fourth-order valence-corrected chi connectivity index (χ4v) is 4.78. The quantitative estimate of drug-likeness (QED) is 0.557. The number of amides is 1. The van der Waals surface area contributed by atoms with E-state index in [1.807, 2.05) is 12.3 Å². The molecular formula is C25H29N3O2S. The summed E-state index contributed by atoms with van der Waals surface area (Å²) >= 11 is 1.75. The zero-order valence-electron chi connectivity index (χ0n) is 18.3. The van der Waals surface area contributed by atoms with Gasteiger partial charge in [0, 0.05) is 47.6 Å². The van der Waals surface area contributed by atoms with Crippen molar-refractivity contribution in [1.29, 1.82) is 0 Å². The van der Waals surface area contributed by atoms with Crippen LogP contribution in [0.25, 0.3) is 10.8 Å². The first kappa shape index (κ1) is 21.5. The van der Waals surface area contributed by atoms with Crippen LogP contribution >= 0.6 is 11.8 Å². The van der Waals surface area contributed by atoms with Gasteiger partial charge in [-0.3, -0.25) is 0 Å². The van der Waals surface area contributed by atoms with Crippen LogP contribution in [0.4, 0.5) is 10.6 Å². The van der Waals surface area contributed by atoms with E-state index < -0.39 is 6.09 Å². The van der Waals surface area contributed by atoms with Crippen molar-refractivity contribution in [2.45, 2.75) is 42.4 Å². The molecule has 3 aromatic rings. The van der Waals surface area contributed by atoms with Gasteiger partial charge in [0.1, 0.15) is 5.82 Å². The summed E-state index contributed by atoms with van der Waals surface area (Å²) in [5.74, 6) is 0.940. The van der Waals surface area contributed by atoms with E-state index >= 15 is 0 Å². The Kier molecular flexibility index (Phi) is 6.10. The molecule has 0 bridgehead atoms. The van der Waals surface area contributed by atoms with Crippen molar-refractivity contribution in [3.8, 4) is 0 Å². The molecule has 0 spiro atoms. The number of hydrogen-bond donors (Lipinski definition) is 1. The number of benzene rings is 2. The molecule has 1 aliphatic heterocycles. The van der Waals surface area contributed by atoms with E-state index in [0.717, 1.165) is 29.6 Å². The first-order chi connectivity index (χ1) is 14.8. The maximum atomic E-state index is 11.3. The van der Waals surface area contributed by atoms with Crippen LogP contribution in [0.2, 0.25) is 0 Å². The Morgan fingerprint density at radius 2 is 1.71 bits per heavy atom. The van der Waals surface area contributed by atoms with Crippen LogP contribution in [-0.2, 0) is 5.41 Å². The van der Waals surface area contributed by atoms with E-state index in [1.54, 1.807) is 11.8 Å². The standard InChI is InChI=1S/C25H29N3O2S/c1-25(2,3)19-6-9-20(10-7-19)31-21-8-5-18-11-12-26-23(22(18)17-21)27-13-4-14-28(16-15-27)24(29)30/h5-12,17H,4,13-16H2,1-3H3,(H,29,30). The fraction of sp³-hybridized carbons (Fsp3) is 0.360. The van der Waals surface area contributed by atoms with E-state index in [4.69, 9.17) is 0 Å². The lowest BCUT2D eigenvalue weighted by molar-refractivity contribution is 0.148. The van der Waals surface area contributed by atoms with E-state index in [1.165, 1.54) is 20.3 Å². The van der Waals surface area contributed by atoms with Gasteiger partial charge in [-0.15, -0.1) is 0 Å². The Balaban J connectivity index is 1.59. The molecule has 1 aromatic heterocycles. The zero-order valence-corrected chi connectivity index (χ0v) is 19.2. The predicted molar refractivity (Wildman–Crippen MR) is 127 cm³/mol. The minimum absolute atomic E-state index is 0.149. The first-order valence-electron chi connectivity index (χ1n) is 10.7. The Labute approximate surface area is 188 Å². The molecule has 0 atom stereocenters. The maximum absolute atomic E-state index is 11.3. The lowest BCUT2D eigenvalue weighted by Crippen LogP contribution is -2.34. The summed E-state index contributed by atoms with van der Waals surface area (Å²) < 4.78 is 0. The molecule has 1 amide bonds. The van der Waals surface area contributed by atoms with Crippen LogP contribution in [0.1, 0.15) is 32.8 Å². The van der Waals surface area contributed by atoms with E-state index in [0.29, 0.717) is 19.6 Å². The van der Waals surface area contributed by atoms with Gasteiger partial charge in [-0.05, 0) is 53.1 Å². The third-order valence-corrected chi connectivity index (χ3v) is 6.74. The summed E-state index contributed by atoms with van der Waals surface area (Å²) in [6.45, 7) is 9.22. The molecule has 1 fully saturated rings. The Hall–Kier alpha value is -2.73. The molecule has 2 aromatic carbocycles. The smallest absolute Gasteiger partial charge is 0.407 e. The SMILES string of the molecule is CC(C)(C)c1ccc(Sc2ccc3ccnc(N4CCCN(C(=O)O)CC4)c3c2)cc1. The van der Waals surface area contributed by atoms with Crippen LogP contribution in [-0.4, -0.2) is 47.3 Å². The molecule has 0 aliphatic carbocycles. The summed E-state index contributed by atoms with van der Waals surface area (Å²) in [5, 5.41) is 11.6. The first-order valence-corrected chi connectivity index (χ1v) is 11.5. The normalized spacial score (nSPS) is 15.2. The average Bonchev–Trinajstić information content (AvgIpc) is 2.99. The minimum Gasteiger partial charge on any atom is -0.465 e. The summed E-state index contributed by atoms with van der Waals surface area (Å²) in [4.78, 5) is 22.1. The Morgan fingerprint density at radius 1 is 0.968 bits per heavy atom. The topological polar surface area (TPSA) is 56.7 Å². The number of aromatic nitrogens is 1. The lowest BCUT2D eigenvalue weighted by atomic mass is 9.87. The zero-order chi connectivity index (χ0) is 22.0. The van der Waals surface area contributed by atoms with Crippen molar-refractivity contribution in [3.05, 3.63) is 60.3 Å². The molecule has 1 N–H and O–H groups in total. The lowest BCUT2D eigenvalue weighted by Gasteiger charge is -2.23. The average molecular weight is 436 g/mol. The molecule has 162 valence electrons. The molecule has 6 heteroatoms. The third kappa shape index (κ3) is 4.96. The second-order valence-electron chi connectivity index (χ2n) is 9.00. The summed E-state index contributed by atoms with van der Waals surface area (Å²) in [6, 6.07) is 17.3. The molecule has 0 saturated carbocycles. The Morgan fingerprint density at radius 3 is 2.42 bits per heavy atom. The molecule has 1 saturated heterocycles. The van der Waals surface area contributed by atoms with Gasteiger partial charge in [0.05, 0.1) is 0 Å². The highest BCUT2D eigenvalue weighted by molar-refractivity contribution is 7.99. The van der Waals surface area contributed by atoms with Gasteiger partial charge in [0.2, 0.25) is 0 Å². The molecule has 2 heterocycles. The van der Waals surface area contributed by atoms with Gasteiger partial charge >= 0.3 is 6.09 Å². The molecule has 0 unspecified atom stereocenters. The minimum atomic E-state index is -0.844. The highest BCUT2D eigenvalue weighted by Crippen LogP contribution is 2.34. The van der Waals surface area contributed by atoms with E-state index in [-0.39, 0.29) is 5.41 Å². The maximum Gasteiger partial charge on any atom is 0.407 e. The van der Waals surface area contributed by atoms with Crippen molar-refractivity contribution in [2.75, 3.05) is 31.1 Å². The number of rotatable bonds is 3. The molecular weight excluding hydrogens is 406 g/mol. The van der Waals surface area contributed by atoms with Crippen molar-refractivity contribution in [2.24, 2.45) is 0 Å². The number of nitrogens with zero attached hydrogens (tertiary/aromatic N) is 3. The number of anilines is 1. The van der Waals surface area contributed by atoms with Crippen LogP contribution < -0.4 is 4.90 Å². The summed E-state index contributed by atoms with van der Waals surface area (Å²) in [6.07, 6.45) is 1.80. The number of carboxylic acid groups (broad SMARTS) is 1. The van der Waals surface area contributed by atoms with Crippen LogP contribution in [0.3, 0.4) is 0 Å². The summed E-state index contributed by atoms with van der Waals surface area (Å²) in [5.41, 5.74) is 1.48. The summed E-state index contributed by atoms with van der Waals surface area (Å²) in [7, 11) is 0. The molecule has 1 aliphatic rings. The van der Waals surface area contributed by atoms with Gasteiger partial charge in [-0.1, -0.05) is 50.7 Å². The molecule has 4 rings (SSSR count). The number of hydrogen-bond acceptors (Lipinski definition) is 4. The van der Waals surface area contributed by atoms with Gasteiger partial charge in [-0.2, -0.15) is 0 Å². The number of fused-ring (bicyclic) bond motifs is 1. The van der Waals surface area contributed by atoms with Crippen molar-refractivity contribution < 1.29 is 9.90 Å². The third-order valence-electron chi connectivity index (χ3n) is 5.74. The van der Waals surface area contributed by atoms with Crippen LogP contribution in [0.15, 0.2) is 64.5 Å². The van der Waals surface area contributed by atoms with Gasteiger partial charge in [0.15, 0.2) is 0 Å². The largest absolute Gasteiger partial charge is 0.465 e. The van der Waals surface area contributed by atoms with Crippen molar-refractivity contribution in [1.82, 2.24) is 9.88 Å². The number of pyridine rings is 1. The highest BCUT2D eigenvalue weighted by atomic mass is 32.2. The second kappa shape index (κ2) is 8.79. The number of carbonyl (C=O) groups is 1. The van der Waals surface area contributed by atoms with Gasteiger partial charge < -0.3 is 14.9 Å². The predicted octanol–water partition coefficient (Wildman–Crippen LogP) is 5.87. The molecule has 5 nitrogen and oxygen atoms in total.